The lowest BCUT2D eigenvalue weighted by molar-refractivity contribution is 0.101. The molecule has 0 spiro atoms. The number of rotatable bonds is 2. The molecule has 1 atom stereocenters. The molecule has 0 aromatic heterocycles. The third kappa shape index (κ3) is 3.49. The molecule has 1 heteroatoms. The van der Waals surface area contributed by atoms with Crippen molar-refractivity contribution in [1.82, 2.24) is 0 Å². The molecule has 4 rings (SSSR count). The van der Waals surface area contributed by atoms with Gasteiger partial charge in [-0.05, 0) is 87.6 Å². The van der Waals surface area contributed by atoms with Gasteiger partial charge in [-0.2, -0.15) is 0 Å². The molecular formula is C30H40O. The minimum Gasteiger partial charge on any atom is -0.295 e. The normalized spacial score (nSPS) is 24.7. The largest absolute Gasteiger partial charge is 0.295 e. The highest BCUT2D eigenvalue weighted by Crippen LogP contribution is 2.55. The van der Waals surface area contributed by atoms with Crippen molar-refractivity contribution in [2.24, 2.45) is 0 Å². The number of Topliss-reactive ketones (excluding diaryl/α,β-unsaturated/α-hetero) is 1. The Morgan fingerprint density at radius 2 is 1.26 bits per heavy atom. The predicted molar refractivity (Wildman–Crippen MR) is 132 cm³/mol. The SMILES string of the molecule is CC(=O)c1ccc2c(c1)C(C)(C)C(c1ccc3c(c1)C(C)(C)CCC3(C)C)CC2(C)C. The van der Waals surface area contributed by atoms with Crippen LogP contribution in [0.15, 0.2) is 36.4 Å². The summed E-state index contributed by atoms with van der Waals surface area (Å²) in [6, 6.07) is 13.8. The van der Waals surface area contributed by atoms with E-state index in [9.17, 15) is 4.79 Å². The van der Waals surface area contributed by atoms with Gasteiger partial charge in [-0.1, -0.05) is 85.7 Å². The fourth-order valence-electron chi connectivity index (χ4n) is 6.31. The van der Waals surface area contributed by atoms with Crippen LogP contribution in [0.2, 0.25) is 0 Å². The molecule has 0 fully saturated rings. The van der Waals surface area contributed by atoms with Gasteiger partial charge >= 0.3 is 0 Å². The number of ketones is 1. The molecule has 0 bridgehead atoms. The van der Waals surface area contributed by atoms with Crippen molar-refractivity contribution in [2.45, 2.75) is 109 Å². The minimum absolute atomic E-state index is 0.0289. The summed E-state index contributed by atoms with van der Waals surface area (Å²) in [5.41, 5.74) is 8.62. The van der Waals surface area contributed by atoms with Gasteiger partial charge < -0.3 is 0 Å². The first-order valence-electron chi connectivity index (χ1n) is 12.0. The molecule has 0 N–H and O–H groups in total. The lowest BCUT2D eigenvalue weighted by atomic mass is 9.55. The predicted octanol–water partition coefficient (Wildman–Crippen LogP) is 7.98. The van der Waals surface area contributed by atoms with Crippen molar-refractivity contribution in [3.8, 4) is 0 Å². The van der Waals surface area contributed by atoms with Crippen molar-refractivity contribution in [1.29, 1.82) is 0 Å². The Bertz CT molecular complexity index is 1050. The molecule has 2 aliphatic carbocycles. The maximum atomic E-state index is 12.1. The maximum Gasteiger partial charge on any atom is 0.159 e. The molecule has 0 radical (unpaired) electrons. The molecule has 0 aliphatic heterocycles. The Morgan fingerprint density at radius 1 is 0.710 bits per heavy atom. The summed E-state index contributed by atoms with van der Waals surface area (Å²) < 4.78 is 0. The zero-order chi connectivity index (χ0) is 23.0. The zero-order valence-corrected chi connectivity index (χ0v) is 21.1. The highest BCUT2D eigenvalue weighted by Gasteiger charge is 2.46. The first-order valence-corrected chi connectivity index (χ1v) is 12.0. The molecule has 2 aromatic rings. The third-order valence-electron chi connectivity index (χ3n) is 8.71. The standard InChI is InChI=1S/C30H40O/c1-19(31)20-10-12-23-25(16-20)30(8,9)26(18-29(23,6)7)21-11-13-22-24(17-21)28(4,5)15-14-27(22,2)3/h10-13,16-17,26H,14-15,18H2,1-9H3. The number of carbonyl (C=O) groups is 1. The van der Waals surface area contributed by atoms with E-state index in [4.69, 9.17) is 0 Å². The first-order chi connectivity index (χ1) is 14.2. The molecule has 1 unspecified atom stereocenters. The Morgan fingerprint density at radius 3 is 1.87 bits per heavy atom. The van der Waals surface area contributed by atoms with E-state index in [1.165, 1.54) is 40.7 Å². The van der Waals surface area contributed by atoms with Gasteiger partial charge in [0.25, 0.3) is 0 Å². The molecule has 0 amide bonds. The first kappa shape index (κ1) is 22.3. The fourth-order valence-corrected chi connectivity index (χ4v) is 6.31. The quantitative estimate of drug-likeness (QED) is 0.453. The van der Waals surface area contributed by atoms with Crippen LogP contribution in [0, 0.1) is 0 Å². The van der Waals surface area contributed by atoms with E-state index >= 15 is 0 Å². The summed E-state index contributed by atoms with van der Waals surface area (Å²) in [6.07, 6.45) is 3.60. The number of hydrogen-bond acceptors (Lipinski definition) is 1. The van der Waals surface area contributed by atoms with E-state index in [1.54, 1.807) is 6.92 Å². The van der Waals surface area contributed by atoms with Gasteiger partial charge in [-0.3, -0.25) is 4.79 Å². The van der Waals surface area contributed by atoms with Crippen LogP contribution in [-0.2, 0) is 21.7 Å². The van der Waals surface area contributed by atoms with Crippen molar-refractivity contribution < 1.29 is 4.79 Å². The Hall–Kier alpha value is -1.89. The minimum atomic E-state index is -0.0289. The van der Waals surface area contributed by atoms with Crippen LogP contribution >= 0.6 is 0 Å². The van der Waals surface area contributed by atoms with E-state index in [-0.39, 0.29) is 27.4 Å². The second-order valence-corrected chi connectivity index (χ2v) is 12.8. The van der Waals surface area contributed by atoms with E-state index in [1.807, 2.05) is 6.07 Å². The van der Waals surface area contributed by atoms with Gasteiger partial charge in [-0.25, -0.2) is 0 Å². The lowest BCUT2D eigenvalue weighted by Gasteiger charge is -2.49. The zero-order valence-electron chi connectivity index (χ0n) is 21.1. The molecule has 2 aromatic carbocycles. The summed E-state index contributed by atoms with van der Waals surface area (Å²) in [5, 5.41) is 0. The molecule has 0 heterocycles. The van der Waals surface area contributed by atoms with Crippen molar-refractivity contribution in [2.75, 3.05) is 0 Å². The van der Waals surface area contributed by atoms with Gasteiger partial charge in [0.2, 0.25) is 0 Å². The van der Waals surface area contributed by atoms with E-state index in [0.717, 1.165) is 12.0 Å². The number of hydrogen-bond donors (Lipinski definition) is 0. The summed E-state index contributed by atoms with van der Waals surface area (Å²) in [4.78, 5) is 12.1. The molecule has 166 valence electrons. The fraction of sp³-hybridized carbons (Fsp3) is 0.567. The summed E-state index contributed by atoms with van der Waals surface area (Å²) in [7, 11) is 0. The molecule has 0 saturated heterocycles. The van der Waals surface area contributed by atoms with Gasteiger partial charge in [-0.15, -0.1) is 0 Å². The van der Waals surface area contributed by atoms with Crippen LogP contribution in [0.1, 0.15) is 126 Å². The lowest BCUT2D eigenvalue weighted by Crippen LogP contribution is -2.41. The van der Waals surface area contributed by atoms with Crippen molar-refractivity contribution in [3.05, 3.63) is 69.8 Å². The van der Waals surface area contributed by atoms with Gasteiger partial charge in [0.15, 0.2) is 5.78 Å². The Kier molecular flexibility index (Phi) is 4.90. The van der Waals surface area contributed by atoms with Crippen LogP contribution in [0.5, 0.6) is 0 Å². The van der Waals surface area contributed by atoms with E-state index in [2.05, 4.69) is 85.7 Å². The number of carbonyl (C=O) groups excluding carboxylic acids is 1. The van der Waals surface area contributed by atoms with Crippen LogP contribution in [0.3, 0.4) is 0 Å². The topological polar surface area (TPSA) is 17.1 Å². The van der Waals surface area contributed by atoms with Gasteiger partial charge in [0.05, 0.1) is 0 Å². The van der Waals surface area contributed by atoms with Crippen LogP contribution < -0.4 is 0 Å². The number of fused-ring (bicyclic) bond motifs is 2. The average Bonchev–Trinajstić information content (AvgIpc) is 2.68. The molecule has 1 nitrogen and oxygen atoms in total. The Labute approximate surface area is 189 Å². The van der Waals surface area contributed by atoms with Crippen LogP contribution in [0.25, 0.3) is 0 Å². The summed E-state index contributed by atoms with van der Waals surface area (Å²) >= 11 is 0. The van der Waals surface area contributed by atoms with Gasteiger partial charge in [0.1, 0.15) is 0 Å². The Balaban J connectivity index is 1.88. The number of benzene rings is 2. The highest BCUT2D eigenvalue weighted by atomic mass is 16.1. The highest BCUT2D eigenvalue weighted by molar-refractivity contribution is 5.94. The van der Waals surface area contributed by atoms with Crippen LogP contribution in [0.4, 0.5) is 0 Å². The second kappa shape index (κ2) is 6.80. The van der Waals surface area contributed by atoms with Crippen molar-refractivity contribution in [3.63, 3.8) is 0 Å². The molecular weight excluding hydrogens is 376 g/mol. The van der Waals surface area contributed by atoms with Gasteiger partial charge in [0, 0.05) is 5.56 Å². The van der Waals surface area contributed by atoms with E-state index in [0.29, 0.717) is 5.92 Å². The smallest absolute Gasteiger partial charge is 0.159 e. The second-order valence-electron chi connectivity index (χ2n) is 12.8. The summed E-state index contributed by atoms with van der Waals surface area (Å²) in [5.74, 6) is 0.569. The summed E-state index contributed by atoms with van der Waals surface area (Å²) in [6.45, 7) is 20.8. The van der Waals surface area contributed by atoms with E-state index < -0.39 is 0 Å². The van der Waals surface area contributed by atoms with Crippen LogP contribution in [-0.4, -0.2) is 5.78 Å². The molecule has 0 saturated carbocycles. The average molecular weight is 417 g/mol. The van der Waals surface area contributed by atoms with Crippen molar-refractivity contribution >= 4 is 5.78 Å². The molecule has 31 heavy (non-hydrogen) atoms. The maximum absolute atomic E-state index is 12.1. The molecule has 2 aliphatic rings. The third-order valence-corrected chi connectivity index (χ3v) is 8.71. The monoisotopic (exact) mass is 416 g/mol.